The van der Waals surface area contributed by atoms with Crippen LogP contribution in [0, 0.1) is 11.2 Å². The number of hydrogen-bond acceptors (Lipinski definition) is 6. The van der Waals surface area contributed by atoms with Crippen molar-refractivity contribution in [3.63, 3.8) is 0 Å². The van der Waals surface area contributed by atoms with E-state index < -0.39 is 11.5 Å². The van der Waals surface area contributed by atoms with Crippen molar-refractivity contribution in [2.24, 2.45) is 11.1 Å². The Labute approximate surface area is 172 Å². The second kappa shape index (κ2) is 10.0. The Morgan fingerprint density at radius 1 is 1.34 bits per heavy atom. The maximum absolute atomic E-state index is 13.8. The number of ether oxygens (including phenoxy) is 1. The number of nitrogens with two attached hydrogens (primary N) is 1. The maximum atomic E-state index is 13.8. The van der Waals surface area contributed by atoms with Crippen molar-refractivity contribution >= 4 is 23.3 Å². The van der Waals surface area contributed by atoms with Crippen LogP contribution >= 0.6 is 0 Å². The minimum Gasteiger partial charge on any atom is -0.464 e. The van der Waals surface area contributed by atoms with Gasteiger partial charge < -0.3 is 21.1 Å². The van der Waals surface area contributed by atoms with Gasteiger partial charge in [-0.25, -0.2) is 4.39 Å². The molecule has 2 atom stereocenters. The summed E-state index contributed by atoms with van der Waals surface area (Å²) in [5.74, 6) is -0.919. The smallest absolute Gasteiger partial charge is 0.311 e. The Kier molecular flexibility index (Phi) is 7.98. The molecular weight excluding hydrogens is 375 g/mol. The molecule has 0 aromatic heterocycles. The van der Waals surface area contributed by atoms with E-state index in [9.17, 15) is 14.0 Å². The van der Waals surface area contributed by atoms with Gasteiger partial charge in [0.1, 0.15) is 12.4 Å². The first kappa shape index (κ1) is 23.1. The molecule has 8 heteroatoms. The van der Waals surface area contributed by atoms with Crippen molar-refractivity contribution in [1.82, 2.24) is 4.90 Å². The standard InChI is InChI=1S/C21H33FN4O3/c1-14(23)19(27)25-17-8-7-15(22)12-18(17)24-16-6-5-9-26(13-16)10-11-29-20(28)21(2,3)4/h7-8,12,14,16,24H,5-6,9-11,13,23H2,1-4H3,(H,25,27)/t14-,16+/m0/s1. The number of nitrogens with zero attached hydrogens (tertiary/aromatic N) is 1. The predicted molar refractivity (Wildman–Crippen MR) is 112 cm³/mol. The van der Waals surface area contributed by atoms with Crippen LogP contribution in [0.4, 0.5) is 15.8 Å². The number of anilines is 2. The van der Waals surface area contributed by atoms with Crippen molar-refractivity contribution in [2.75, 3.05) is 36.9 Å². The molecule has 1 aromatic carbocycles. The Balaban J connectivity index is 1.94. The van der Waals surface area contributed by atoms with Gasteiger partial charge in [-0.15, -0.1) is 0 Å². The molecule has 0 aliphatic carbocycles. The summed E-state index contributed by atoms with van der Waals surface area (Å²) >= 11 is 0. The lowest BCUT2D eigenvalue weighted by atomic mass is 9.97. The molecule has 29 heavy (non-hydrogen) atoms. The molecule has 0 saturated carbocycles. The summed E-state index contributed by atoms with van der Waals surface area (Å²) < 4.78 is 19.1. The predicted octanol–water partition coefficient (Wildman–Crippen LogP) is 2.58. The number of hydrogen-bond donors (Lipinski definition) is 3. The molecule has 0 spiro atoms. The van der Waals surface area contributed by atoms with E-state index in [0.29, 0.717) is 24.5 Å². The second-order valence-electron chi connectivity index (χ2n) is 8.64. The topological polar surface area (TPSA) is 96.7 Å². The number of piperidine rings is 1. The molecule has 4 N–H and O–H groups in total. The van der Waals surface area contributed by atoms with Crippen molar-refractivity contribution < 1.29 is 18.7 Å². The molecule has 1 aromatic rings. The quantitative estimate of drug-likeness (QED) is 0.600. The molecule has 0 unspecified atom stereocenters. The summed E-state index contributed by atoms with van der Waals surface area (Å²) in [6.45, 7) is 9.74. The largest absolute Gasteiger partial charge is 0.464 e. The van der Waals surface area contributed by atoms with E-state index in [2.05, 4.69) is 15.5 Å². The van der Waals surface area contributed by atoms with Gasteiger partial charge in [-0.3, -0.25) is 14.5 Å². The van der Waals surface area contributed by atoms with Gasteiger partial charge in [0.2, 0.25) is 5.91 Å². The third-order valence-corrected chi connectivity index (χ3v) is 4.77. The number of nitrogens with one attached hydrogen (secondary N) is 2. The molecule has 1 amide bonds. The summed E-state index contributed by atoms with van der Waals surface area (Å²) in [5.41, 5.74) is 6.14. The molecule has 1 fully saturated rings. The van der Waals surface area contributed by atoms with Gasteiger partial charge in [0.15, 0.2) is 0 Å². The summed E-state index contributed by atoms with van der Waals surface area (Å²) in [5, 5.41) is 6.08. The summed E-state index contributed by atoms with van der Waals surface area (Å²) in [6.07, 6.45) is 1.90. The van der Waals surface area contributed by atoms with Crippen molar-refractivity contribution in [1.29, 1.82) is 0 Å². The zero-order valence-electron chi connectivity index (χ0n) is 17.8. The van der Waals surface area contributed by atoms with Crippen molar-refractivity contribution in [2.45, 2.75) is 52.6 Å². The maximum Gasteiger partial charge on any atom is 0.311 e. The fourth-order valence-corrected chi connectivity index (χ4v) is 3.07. The summed E-state index contributed by atoms with van der Waals surface area (Å²) in [4.78, 5) is 26.0. The Bertz CT molecular complexity index is 718. The Morgan fingerprint density at radius 2 is 2.07 bits per heavy atom. The number of likely N-dealkylation sites (tertiary alicyclic amines) is 1. The van der Waals surface area contributed by atoms with E-state index in [1.165, 1.54) is 18.2 Å². The third-order valence-electron chi connectivity index (χ3n) is 4.77. The molecule has 1 aliphatic heterocycles. The average molecular weight is 409 g/mol. The Hall–Kier alpha value is -2.19. The van der Waals surface area contributed by atoms with E-state index in [4.69, 9.17) is 10.5 Å². The summed E-state index contributed by atoms with van der Waals surface area (Å²) in [6, 6.07) is 3.65. The SMILES string of the molecule is C[C@H](N)C(=O)Nc1ccc(F)cc1N[C@@H]1CCCN(CCOC(=O)C(C)(C)C)C1. The number of benzene rings is 1. The van der Waals surface area contributed by atoms with Gasteiger partial charge in [0.25, 0.3) is 0 Å². The molecule has 162 valence electrons. The van der Waals surface area contributed by atoms with Crippen LogP contribution in [0.2, 0.25) is 0 Å². The van der Waals surface area contributed by atoms with E-state index in [1.807, 2.05) is 20.8 Å². The zero-order chi connectivity index (χ0) is 21.6. The first-order valence-corrected chi connectivity index (χ1v) is 10.1. The van der Waals surface area contributed by atoms with Crippen LogP contribution in [0.25, 0.3) is 0 Å². The number of esters is 1. The van der Waals surface area contributed by atoms with E-state index in [-0.39, 0.29) is 23.7 Å². The average Bonchev–Trinajstić information content (AvgIpc) is 2.63. The van der Waals surface area contributed by atoms with Crippen LogP contribution in [-0.2, 0) is 14.3 Å². The number of rotatable bonds is 7. The highest BCUT2D eigenvalue weighted by Crippen LogP contribution is 2.26. The highest BCUT2D eigenvalue weighted by atomic mass is 19.1. The first-order valence-electron chi connectivity index (χ1n) is 10.1. The van der Waals surface area contributed by atoms with Crippen LogP contribution in [0.5, 0.6) is 0 Å². The van der Waals surface area contributed by atoms with E-state index >= 15 is 0 Å². The molecule has 1 saturated heterocycles. The van der Waals surface area contributed by atoms with Gasteiger partial charge >= 0.3 is 5.97 Å². The molecule has 1 heterocycles. The minimum absolute atomic E-state index is 0.0924. The van der Waals surface area contributed by atoms with E-state index in [1.54, 1.807) is 6.92 Å². The van der Waals surface area contributed by atoms with Gasteiger partial charge in [0.05, 0.1) is 22.8 Å². The number of carbonyl (C=O) groups is 2. The lowest BCUT2D eigenvalue weighted by molar-refractivity contribution is -0.153. The number of halogens is 1. The van der Waals surface area contributed by atoms with Crippen LogP contribution < -0.4 is 16.4 Å². The highest BCUT2D eigenvalue weighted by molar-refractivity contribution is 5.97. The molecule has 0 radical (unpaired) electrons. The van der Waals surface area contributed by atoms with E-state index in [0.717, 1.165) is 25.9 Å². The van der Waals surface area contributed by atoms with Crippen LogP contribution in [-0.4, -0.2) is 55.1 Å². The molecule has 2 rings (SSSR count). The normalized spacial score (nSPS) is 18.8. The monoisotopic (exact) mass is 408 g/mol. The number of carbonyl (C=O) groups excluding carboxylic acids is 2. The number of amides is 1. The van der Waals surface area contributed by atoms with Crippen LogP contribution in [0.3, 0.4) is 0 Å². The molecule has 7 nitrogen and oxygen atoms in total. The second-order valence-corrected chi connectivity index (χ2v) is 8.64. The fourth-order valence-electron chi connectivity index (χ4n) is 3.07. The van der Waals surface area contributed by atoms with Crippen LogP contribution in [0.15, 0.2) is 18.2 Å². The van der Waals surface area contributed by atoms with Gasteiger partial charge in [-0.2, -0.15) is 0 Å². The van der Waals surface area contributed by atoms with Gasteiger partial charge in [0, 0.05) is 19.1 Å². The fraction of sp³-hybridized carbons (Fsp3) is 0.619. The first-order chi connectivity index (χ1) is 13.6. The lowest BCUT2D eigenvalue weighted by Gasteiger charge is -2.34. The zero-order valence-corrected chi connectivity index (χ0v) is 17.8. The van der Waals surface area contributed by atoms with Gasteiger partial charge in [-0.05, 0) is 65.3 Å². The Morgan fingerprint density at radius 3 is 2.72 bits per heavy atom. The molecular formula is C21H33FN4O3. The van der Waals surface area contributed by atoms with Crippen LogP contribution in [0.1, 0.15) is 40.5 Å². The molecule has 1 aliphatic rings. The van der Waals surface area contributed by atoms with Crippen molar-refractivity contribution in [3.8, 4) is 0 Å². The lowest BCUT2D eigenvalue weighted by Crippen LogP contribution is -2.44. The summed E-state index contributed by atoms with van der Waals surface area (Å²) in [7, 11) is 0. The van der Waals surface area contributed by atoms with Gasteiger partial charge in [-0.1, -0.05) is 0 Å². The third kappa shape index (κ3) is 7.29. The minimum atomic E-state index is -0.658. The highest BCUT2D eigenvalue weighted by Gasteiger charge is 2.24. The molecule has 0 bridgehead atoms. The van der Waals surface area contributed by atoms with Crippen molar-refractivity contribution in [3.05, 3.63) is 24.0 Å².